The van der Waals surface area contributed by atoms with Crippen molar-refractivity contribution in [2.75, 3.05) is 0 Å². The molecular weight excluding hydrogens is 480 g/mol. The van der Waals surface area contributed by atoms with Crippen molar-refractivity contribution in [2.24, 2.45) is 0 Å². The van der Waals surface area contributed by atoms with Crippen molar-refractivity contribution in [3.63, 3.8) is 0 Å². The van der Waals surface area contributed by atoms with Gasteiger partial charge in [0.2, 0.25) is 5.78 Å². The van der Waals surface area contributed by atoms with Crippen molar-refractivity contribution in [3.05, 3.63) is 131 Å². The number of aromatic hydroxyl groups is 1. The standard InChI is InChI=1S/C31H26N2O5/c1-20-5-2-3-7-24(20)19-38-26-14-10-23(11-15-26)29(35)27-28(22-8-12-25(34)13-9-22)33(31(37)30(27)36)18-21-6-4-16-32-17-21/h2-17,28,34-35H,18-19H2,1H3. The van der Waals surface area contributed by atoms with E-state index >= 15 is 0 Å². The summed E-state index contributed by atoms with van der Waals surface area (Å²) in [5.74, 6) is -1.46. The molecule has 1 aromatic heterocycles. The van der Waals surface area contributed by atoms with Gasteiger partial charge in [0.1, 0.15) is 18.1 Å². The van der Waals surface area contributed by atoms with E-state index in [2.05, 4.69) is 4.98 Å². The molecule has 1 saturated heterocycles. The third kappa shape index (κ3) is 4.99. The largest absolute Gasteiger partial charge is 0.872 e. The van der Waals surface area contributed by atoms with Gasteiger partial charge in [-0.15, -0.1) is 0 Å². The number of hydrogen-bond donors (Lipinski definition) is 1. The van der Waals surface area contributed by atoms with Crippen molar-refractivity contribution in [1.29, 1.82) is 0 Å². The molecule has 0 radical (unpaired) electrons. The highest BCUT2D eigenvalue weighted by molar-refractivity contribution is 6.46. The zero-order valence-electron chi connectivity index (χ0n) is 20.8. The van der Waals surface area contributed by atoms with Gasteiger partial charge in [0.15, 0.2) is 12.4 Å². The van der Waals surface area contributed by atoms with Gasteiger partial charge in [-0.3, -0.25) is 9.59 Å². The van der Waals surface area contributed by atoms with Crippen LogP contribution < -0.4 is 14.8 Å². The molecule has 1 amide bonds. The first kappa shape index (κ1) is 24.8. The number of ether oxygens (including phenoxy) is 1. The highest BCUT2D eigenvalue weighted by atomic mass is 16.5. The molecule has 38 heavy (non-hydrogen) atoms. The molecular formula is C31H26N2O5. The van der Waals surface area contributed by atoms with Crippen LogP contribution in [0.5, 0.6) is 11.5 Å². The zero-order chi connectivity index (χ0) is 26.6. The highest BCUT2D eigenvalue weighted by Gasteiger charge is 2.44. The molecule has 1 aliphatic rings. The van der Waals surface area contributed by atoms with Gasteiger partial charge in [0, 0.05) is 17.2 Å². The van der Waals surface area contributed by atoms with Gasteiger partial charge in [0.05, 0.1) is 12.6 Å². The van der Waals surface area contributed by atoms with Crippen molar-refractivity contribution >= 4 is 17.4 Å². The SMILES string of the molecule is Cc1ccccc1COc1ccc(C([O-])=C2C(=O)C(=O)N(Cc3ccc[nH+]c3)C2c2ccc(O)cc2)cc1. The number of carbonyl (C=O) groups excluding carboxylic acids is 2. The first-order chi connectivity index (χ1) is 18.4. The second-order valence-corrected chi connectivity index (χ2v) is 9.15. The number of carbonyl (C=O) groups is 2. The van der Waals surface area contributed by atoms with Crippen LogP contribution in [0.4, 0.5) is 0 Å². The molecule has 190 valence electrons. The van der Waals surface area contributed by atoms with E-state index in [4.69, 9.17) is 4.74 Å². The van der Waals surface area contributed by atoms with Crippen LogP contribution in [0.2, 0.25) is 0 Å². The van der Waals surface area contributed by atoms with Crippen LogP contribution in [0.25, 0.3) is 5.76 Å². The van der Waals surface area contributed by atoms with E-state index in [9.17, 15) is 19.8 Å². The zero-order valence-corrected chi connectivity index (χ0v) is 20.8. The van der Waals surface area contributed by atoms with Crippen LogP contribution in [0, 0.1) is 6.92 Å². The summed E-state index contributed by atoms with van der Waals surface area (Å²) < 4.78 is 5.88. The van der Waals surface area contributed by atoms with Gasteiger partial charge in [-0.1, -0.05) is 54.3 Å². The minimum absolute atomic E-state index is 0.0442. The molecule has 4 aromatic rings. The Morgan fingerprint density at radius 2 is 1.71 bits per heavy atom. The van der Waals surface area contributed by atoms with E-state index in [1.165, 1.54) is 17.0 Å². The molecule has 7 heteroatoms. The molecule has 0 saturated carbocycles. The van der Waals surface area contributed by atoms with E-state index in [1.807, 2.05) is 37.3 Å². The molecule has 1 atom stereocenters. The quantitative estimate of drug-likeness (QED) is 0.235. The summed E-state index contributed by atoms with van der Waals surface area (Å²) in [5.41, 5.74) is 3.69. The number of likely N-dealkylation sites (tertiary alicyclic amines) is 1. The molecule has 2 N–H and O–H groups in total. The number of nitrogens with zero attached hydrogens (tertiary/aromatic N) is 1. The number of benzene rings is 3. The van der Waals surface area contributed by atoms with Crippen LogP contribution >= 0.6 is 0 Å². The molecule has 1 aliphatic heterocycles. The number of phenols is 1. The fourth-order valence-electron chi connectivity index (χ4n) is 4.55. The predicted octanol–water partition coefficient (Wildman–Crippen LogP) is 3.52. The van der Waals surface area contributed by atoms with Crippen LogP contribution in [0.3, 0.4) is 0 Å². The minimum Gasteiger partial charge on any atom is -0.872 e. The normalized spacial score (nSPS) is 16.6. The van der Waals surface area contributed by atoms with Gasteiger partial charge >= 0.3 is 0 Å². The monoisotopic (exact) mass is 506 g/mol. The molecule has 7 nitrogen and oxygen atoms in total. The Labute approximate surface area is 220 Å². The lowest BCUT2D eigenvalue weighted by Crippen LogP contribution is -2.29. The van der Waals surface area contributed by atoms with Gasteiger partial charge in [-0.25, -0.2) is 4.98 Å². The molecule has 5 rings (SSSR count). The van der Waals surface area contributed by atoms with Crippen molar-refractivity contribution in [1.82, 2.24) is 4.90 Å². The average Bonchev–Trinajstić information content (AvgIpc) is 3.18. The third-order valence-corrected chi connectivity index (χ3v) is 6.63. The van der Waals surface area contributed by atoms with Crippen molar-refractivity contribution < 1.29 is 29.5 Å². The maximum Gasteiger partial charge on any atom is 0.295 e. The first-order valence-electron chi connectivity index (χ1n) is 12.2. The molecule has 0 aliphatic carbocycles. The summed E-state index contributed by atoms with van der Waals surface area (Å²) in [6.07, 6.45) is 3.48. The summed E-state index contributed by atoms with van der Waals surface area (Å²) in [6.45, 7) is 2.54. The number of Topliss-reactive ketones (excluding diaryl/α,β-unsaturated/α-hetero) is 1. The number of ketones is 1. The Balaban J connectivity index is 1.47. The average molecular weight is 507 g/mol. The van der Waals surface area contributed by atoms with Crippen LogP contribution in [-0.4, -0.2) is 21.7 Å². The van der Waals surface area contributed by atoms with E-state index in [-0.39, 0.29) is 23.4 Å². The van der Waals surface area contributed by atoms with E-state index in [1.54, 1.807) is 54.9 Å². The molecule has 0 spiro atoms. The molecule has 0 bridgehead atoms. The van der Waals surface area contributed by atoms with Crippen LogP contribution in [-0.2, 0) is 22.7 Å². The molecule has 2 heterocycles. The predicted molar refractivity (Wildman–Crippen MR) is 138 cm³/mol. The van der Waals surface area contributed by atoms with Crippen LogP contribution in [0.1, 0.15) is 33.9 Å². The van der Waals surface area contributed by atoms with Gasteiger partial charge in [-0.05, 0) is 59.5 Å². The lowest BCUT2D eigenvalue weighted by Gasteiger charge is -2.27. The fraction of sp³-hybridized carbons (Fsp3) is 0.129. The Bertz CT molecular complexity index is 1500. The number of phenolic OH excluding ortho intramolecular Hbond substituents is 1. The maximum atomic E-state index is 13.7. The number of rotatable bonds is 7. The number of amides is 1. The summed E-state index contributed by atoms with van der Waals surface area (Å²) in [4.78, 5) is 30.7. The number of aryl methyl sites for hydroxylation is 1. The highest BCUT2D eigenvalue weighted by Crippen LogP contribution is 2.40. The Kier molecular flexibility index (Phi) is 6.91. The third-order valence-electron chi connectivity index (χ3n) is 6.63. The maximum absolute atomic E-state index is 13.7. The van der Waals surface area contributed by atoms with Crippen LogP contribution in [0.15, 0.2) is 103 Å². The Morgan fingerprint density at radius 3 is 2.39 bits per heavy atom. The Hall–Kier alpha value is -4.91. The van der Waals surface area contributed by atoms with Gasteiger partial charge in [0.25, 0.3) is 5.91 Å². The van der Waals surface area contributed by atoms with Crippen molar-refractivity contribution in [2.45, 2.75) is 26.1 Å². The number of aromatic amines is 1. The first-order valence-corrected chi connectivity index (χ1v) is 12.2. The lowest BCUT2D eigenvalue weighted by atomic mass is 9.95. The summed E-state index contributed by atoms with van der Waals surface area (Å²) >= 11 is 0. The molecule has 1 unspecified atom stereocenters. The number of H-pyrrole nitrogens is 1. The summed E-state index contributed by atoms with van der Waals surface area (Å²) in [5, 5.41) is 23.4. The van der Waals surface area contributed by atoms with E-state index < -0.39 is 23.5 Å². The van der Waals surface area contributed by atoms with Gasteiger partial charge in [-0.2, -0.15) is 0 Å². The molecule has 1 fully saturated rings. The van der Waals surface area contributed by atoms with Crippen molar-refractivity contribution in [3.8, 4) is 11.5 Å². The molecule has 3 aromatic carbocycles. The van der Waals surface area contributed by atoms with E-state index in [0.29, 0.717) is 17.9 Å². The Morgan fingerprint density at radius 1 is 0.974 bits per heavy atom. The summed E-state index contributed by atoms with van der Waals surface area (Å²) in [6, 6.07) is 23.4. The van der Waals surface area contributed by atoms with E-state index in [0.717, 1.165) is 16.7 Å². The number of hydrogen-bond acceptors (Lipinski definition) is 5. The number of nitrogens with one attached hydrogen (secondary N) is 1. The van der Waals surface area contributed by atoms with Gasteiger partial charge < -0.3 is 19.8 Å². The lowest BCUT2D eigenvalue weighted by molar-refractivity contribution is -0.378. The minimum atomic E-state index is -0.889. The smallest absolute Gasteiger partial charge is 0.295 e. The second kappa shape index (κ2) is 10.6. The topological polar surface area (TPSA) is 104 Å². The summed E-state index contributed by atoms with van der Waals surface area (Å²) in [7, 11) is 0. The second-order valence-electron chi connectivity index (χ2n) is 9.15. The number of aromatic nitrogens is 1. The number of pyridine rings is 1. The fourth-order valence-corrected chi connectivity index (χ4v) is 4.55.